The second-order valence-corrected chi connectivity index (χ2v) is 5.19. The fraction of sp³-hybridized carbons (Fsp3) is 0.333. The van der Waals surface area contributed by atoms with E-state index in [0.29, 0.717) is 0 Å². The van der Waals surface area contributed by atoms with Crippen LogP contribution in [0.4, 0.5) is 0 Å². The van der Waals surface area contributed by atoms with Crippen LogP contribution in [0.1, 0.15) is 36.3 Å². The Kier molecular flexibility index (Phi) is 3.45. The van der Waals surface area contributed by atoms with Crippen LogP contribution >= 0.6 is 11.3 Å². The highest BCUT2D eigenvalue weighted by atomic mass is 32.1. The van der Waals surface area contributed by atoms with Crippen LogP contribution in [0.15, 0.2) is 24.3 Å². The Morgan fingerprint density at radius 2 is 2.06 bits per heavy atom. The van der Waals surface area contributed by atoms with Crippen LogP contribution in [0.3, 0.4) is 0 Å². The smallest absolute Gasteiger partial charge is 0.0354 e. The third-order valence-electron chi connectivity index (χ3n) is 2.84. The van der Waals surface area contributed by atoms with Gasteiger partial charge in [0.25, 0.3) is 0 Å². The Morgan fingerprint density at radius 1 is 1.25 bits per heavy atom. The maximum atomic E-state index is 2.29. The molecule has 1 aromatic carbocycles. The minimum absolute atomic E-state index is 1.11. The van der Waals surface area contributed by atoms with Crippen LogP contribution in [0.2, 0.25) is 0 Å². The normalized spacial score (nSPS) is 11.7. The van der Waals surface area contributed by atoms with Crippen LogP contribution in [-0.2, 0) is 6.42 Å². The molecule has 0 fully saturated rings. The second kappa shape index (κ2) is 4.84. The molecule has 1 heterocycles. The summed E-state index contributed by atoms with van der Waals surface area (Å²) >= 11 is 1.92. The van der Waals surface area contributed by atoms with E-state index in [0.717, 1.165) is 12.8 Å². The fourth-order valence-corrected chi connectivity index (χ4v) is 3.32. The highest BCUT2D eigenvalue weighted by Gasteiger charge is 2.07. The molecule has 0 nitrogen and oxygen atoms in total. The van der Waals surface area contributed by atoms with E-state index in [2.05, 4.69) is 51.1 Å². The Hall–Kier alpha value is -1.08. The molecule has 1 aromatic heterocycles. The maximum absolute atomic E-state index is 2.29. The van der Waals surface area contributed by atoms with Crippen molar-refractivity contribution in [1.82, 2.24) is 0 Å². The summed E-state index contributed by atoms with van der Waals surface area (Å²) in [5, 5.41) is 1.44. The summed E-state index contributed by atoms with van der Waals surface area (Å²) in [7, 11) is 0. The van der Waals surface area contributed by atoms with Gasteiger partial charge in [-0.25, -0.2) is 0 Å². The number of rotatable bonds is 3. The SMILES string of the molecule is CC/C=C\c1sc2cc(C)ccc2c1CC. The van der Waals surface area contributed by atoms with Crippen molar-refractivity contribution < 1.29 is 0 Å². The number of aryl methyl sites for hydroxylation is 2. The molecule has 0 N–H and O–H groups in total. The van der Waals surface area contributed by atoms with Crippen molar-refractivity contribution in [1.29, 1.82) is 0 Å². The Bertz CT molecular complexity index is 517. The second-order valence-electron chi connectivity index (χ2n) is 4.11. The van der Waals surface area contributed by atoms with E-state index >= 15 is 0 Å². The molecular weight excluding hydrogens is 212 g/mol. The Balaban J connectivity index is 2.61. The molecular formula is C15H18S. The zero-order valence-corrected chi connectivity index (χ0v) is 11.0. The first-order valence-corrected chi connectivity index (χ1v) is 6.76. The number of allylic oxidation sites excluding steroid dienone is 1. The standard InChI is InChI=1S/C15H18S/c1-4-6-7-14-12(5-2)13-9-8-11(3)10-15(13)16-14/h6-10H,4-5H2,1-3H3/b7-6-. The highest BCUT2D eigenvalue weighted by molar-refractivity contribution is 7.20. The Morgan fingerprint density at radius 3 is 2.75 bits per heavy atom. The zero-order valence-electron chi connectivity index (χ0n) is 10.2. The van der Waals surface area contributed by atoms with Gasteiger partial charge in [0.2, 0.25) is 0 Å². The van der Waals surface area contributed by atoms with Crippen molar-refractivity contribution in [2.45, 2.75) is 33.6 Å². The number of thiophene rings is 1. The molecule has 0 aliphatic carbocycles. The van der Waals surface area contributed by atoms with Gasteiger partial charge in [0.15, 0.2) is 0 Å². The van der Waals surface area contributed by atoms with Crippen LogP contribution in [0.5, 0.6) is 0 Å². The van der Waals surface area contributed by atoms with E-state index in [-0.39, 0.29) is 0 Å². The van der Waals surface area contributed by atoms with E-state index in [4.69, 9.17) is 0 Å². The molecule has 0 saturated carbocycles. The van der Waals surface area contributed by atoms with Crippen molar-refractivity contribution in [3.05, 3.63) is 40.3 Å². The third kappa shape index (κ3) is 2.05. The molecule has 0 atom stereocenters. The average Bonchev–Trinajstić information content (AvgIpc) is 2.62. The maximum Gasteiger partial charge on any atom is 0.0354 e. The number of hydrogen-bond donors (Lipinski definition) is 0. The van der Waals surface area contributed by atoms with Crippen molar-refractivity contribution in [3.8, 4) is 0 Å². The van der Waals surface area contributed by atoms with Crippen LogP contribution in [0, 0.1) is 6.92 Å². The van der Waals surface area contributed by atoms with Crippen molar-refractivity contribution in [2.75, 3.05) is 0 Å². The molecule has 0 spiro atoms. The van der Waals surface area contributed by atoms with Gasteiger partial charge in [0, 0.05) is 9.58 Å². The molecule has 0 saturated heterocycles. The van der Waals surface area contributed by atoms with Gasteiger partial charge < -0.3 is 0 Å². The molecule has 1 heteroatoms. The molecule has 0 aliphatic rings. The molecule has 0 radical (unpaired) electrons. The van der Waals surface area contributed by atoms with Crippen molar-refractivity contribution in [3.63, 3.8) is 0 Å². The molecule has 2 aromatic rings. The van der Waals surface area contributed by atoms with Gasteiger partial charge in [-0.2, -0.15) is 0 Å². The topological polar surface area (TPSA) is 0 Å². The summed E-state index contributed by atoms with van der Waals surface area (Å²) in [5.41, 5.74) is 2.85. The van der Waals surface area contributed by atoms with Gasteiger partial charge in [0.1, 0.15) is 0 Å². The lowest BCUT2D eigenvalue weighted by Crippen LogP contribution is -1.80. The highest BCUT2D eigenvalue weighted by Crippen LogP contribution is 2.33. The van der Waals surface area contributed by atoms with E-state index in [1.54, 1.807) is 0 Å². The third-order valence-corrected chi connectivity index (χ3v) is 4.00. The fourth-order valence-electron chi connectivity index (χ4n) is 2.00. The number of hydrogen-bond acceptors (Lipinski definition) is 1. The van der Waals surface area contributed by atoms with Crippen molar-refractivity contribution in [2.24, 2.45) is 0 Å². The quantitative estimate of drug-likeness (QED) is 0.680. The summed E-state index contributed by atoms with van der Waals surface area (Å²) in [4.78, 5) is 1.44. The van der Waals surface area contributed by atoms with Gasteiger partial charge >= 0.3 is 0 Å². The monoisotopic (exact) mass is 230 g/mol. The summed E-state index contributed by atoms with van der Waals surface area (Å²) in [6.45, 7) is 6.58. The lowest BCUT2D eigenvalue weighted by atomic mass is 10.1. The molecule has 16 heavy (non-hydrogen) atoms. The first-order chi connectivity index (χ1) is 7.76. The molecule has 0 unspecified atom stereocenters. The minimum Gasteiger partial charge on any atom is -0.136 e. The van der Waals surface area contributed by atoms with Gasteiger partial charge in [-0.3, -0.25) is 0 Å². The van der Waals surface area contributed by atoms with E-state index in [9.17, 15) is 0 Å². The molecule has 84 valence electrons. The number of fused-ring (bicyclic) bond motifs is 1. The largest absolute Gasteiger partial charge is 0.136 e. The van der Waals surface area contributed by atoms with Gasteiger partial charge in [-0.05, 0) is 48.4 Å². The summed E-state index contributed by atoms with van der Waals surface area (Å²) in [6.07, 6.45) is 6.75. The first kappa shape index (κ1) is 11.4. The van der Waals surface area contributed by atoms with Crippen LogP contribution in [0.25, 0.3) is 16.2 Å². The van der Waals surface area contributed by atoms with Gasteiger partial charge in [0.05, 0.1) is 0 Å². The molecule has 0 bridgehead atoms. The summed E-state index contributed by atoms with van der Waals surface area (Å²) < 4.78 is 1.42. The van der Waals surface area contributed by atoms with Gasteiger partial charge in [-0.15, -0.1) is 11.3 Å². The Labute approximate surface area is 102 Å². The lowest BCUT2D eigenvalue weighted by molar-refractivity contribution is 1.16. The summed E-state index contributed by atoms with van der Waals surface area (Å²) in [5.74, 6) is 0. The van der Waals surface area contributed by atoms with Crippen molar-refractivity contribution >= 4 is 27.5 Å². The predicted octanol–water partition coefficient (Wildman–Crippen LogP) is 5.20. The van der Waals surface area contributed by atoms with E-state index < -0.39 is 0 Å². The lowest BCUT2D eigenvalue weighted by Gasteiger charge is -1.97. The van der Waals surface area contributed by atoms with Crippen LogP contribution in [-0.4, -0.2) is 0 Å². The van der Waals surface area contributed by atoms with E-state index in [1.165, 1.54) is 26.1 Å². The van der Waals surface area contributed by atoms with E-state index in [1.807, 2.05) is 11.3 Å². The van der Waals surface area contributed by atoms with Gasteiger partial charge in [-0.1, -0.05) is 32.1 Å². The average molecular weight is 230 g/mol. The zero-order chi connectivity index (χ0) is 11.5. The molecule has 0 amide bonds. The van der Waals surface area contributed by atoms with Crippen LogP contribution < -0.4 is 0 Å². The molecule has 2 rings (SSSR count). The molecule has 0 aliphatic heterocycles. The summed E-state index contributed by atoms with van der Waals surface area (Å²) in [6, 6.07) is 6.77. The predicted molar refractivity (Wildman–Crippen MR) is 75.3 cm³/mol. The first-order valence-electron chi connectivity index (χ1n) is 5.94. The minimum atomic E-state index is 1.11. The number of benzene rings is 1.